The molecule has 0 spiro atoms. The molecule has 6 heteroatoms. The lowest BCUT2D eigenvalue weighted by Crippen LogP contribution is -2.22. The van der Waals surface area contributed by atoms with E-state index in [9.17, 15) is 4.79 Å². The minimum absolute atomic E-state index is 0.146. The maximum atomic E-state index is 13.0. The van der Waals surface area contributed by atoms with E-state index in [-0.39, 0.29) is 5.56 Å². The molecular weight excluding hydrogens is 320 g/mol. The normalized spacial score (nSPS) is 11.5. The van der Waals surface area contributed by atoms with Gasteiger partial charge in [-0.2, -0.15) is 4.68 Å². The first-order chi connectivity index (χ1) is 11.5. The van der Waals surface area contributed by atoms with Crippen LogP contribution in [0, 0.1) is 27.7 Å². The molecule has 0 aliphatic rings. The summed E-state index contributed by atoms with van der Waals surface area (Å²) < 4.78 is 1.98. The Bertz CT molecular complexity index is 1170. The van der Waals surface area contributed by atoms with E-state index in [0.717, 1.165) is 38.3 Å². The second-order valence-electron chi connectivity index (χ2n) is 6.12. The fourth-order valence-corrected chi connectivity index (χ4v) is 3.84. The number of nitrogens with zero attached hydrogens (tertiary/aromatic N) is 4. The van der Waals surface area contributed by atoms with Gasteiger partial charge in [-0.1, -0.05) is 17.3 Å². The minimum Gasteiger partial charge on any atom is -0.266 e. The third kappa shape index (κ3) is 2.14. The van der Waals surface area contributed by atoms with E-state index in [0.29, 0.717) is 10.2 Å². The number of thiophene rings is 1. The van der Waals surface area contributed by atoms with Crippen molar-refractivity contribution in [3.05, 3.63) is 57.0 Å². The molecule has 0 fully saturated rings. The van der Waals surface area contributed by atoms with E-state index >= 15 is 0 Å². The minimum atomic E-state index is -0.146. The lowest BCUT2D eigenvalue weighted by Gasteiger charge is -2.07. The Balaban J connectivity index is 2.07. The van der Waals surface area contributed by atoms with Gasteiger partial charge in [0.1, 0.15) is 15.0 Å². The van der Waals surface area contributed by atoms with Crippen molar-refractivity contribution >= 4 is 31.8 Å². The predicted molar refractivity (Wildman–Crippen MR) is 97.3 cm³/mol. The molecule has 0 aliphatic carbocycles. The Morgan fingerprint density at radius 3 is 2.62 bits per heavy atom. The average molecular weight is 336 g/mol. The maximum Gasteiger partial charge on any atom is 0.292 e. The van der Waals surface area contributed by atoms with Crippen molar-refractivity contribution in [3.8, 4) is 5.69 Å². The Morgan fingerprint density at radius 2 is 1.83 bits per heavy atom. The van der Waals surface area contributed by atoms with E-state index in [1.807, 2.05) is 52.0 Å². The molecule has 5 nitrogen and oxygen atoms in total. The molecule has 0 amide bonds. The lowest BCUT2D eigenvalue weighted by molar-refractivity contribution is 0.736. The lowest BCUT2D eigenvalue weighted by atomic mass is 10.1. The molecule has 3 aromatic heterocycles. The highest BCUT2D eigenvalue weighted by molar-refractivity contribution is 7.25. The topological polar surface area (TPSA) is 60.7 Å². The molecule has 120 valence electrons. The van der Waals surface area contributed by atoms with Crippen molar-refractivity contribution in [1.82, 2.24) is 20.0 Å². The summed E-state index contributed by atoms with van der Waals surface area (Å²) in [5.41, 5.74) is 5.38. The molecule has 4 aromatic rings. The highest BCUT2D eigenvalue weighted by Gasteiger charge is 2.16. The summed E-state index contributed by atoms with van der Waals surface area (Å²) in [6.07, 6.45) is 0. The van der Waals surface area contributed by atoms with Gasteiger partial charge in [0.2, 0.25) is 0 Å². The largest absolute Gasteiger partial charge is 0.292 e. The Kier molecular flexibility index (Phi) is 3.25. The first kappa shape index (κ1) is 15.0. The molecule has 0 aliphatic heterocycles. The van der Waals surface area contributed by atoms with Crippen molar-refractivity contribution in [2.24, 2.45) is 0 Å². The molecule has 0 saturated carbocycles. The van der Waals surface area contributed by atoms with Crippen LogP contribution < -0.4 is 5.56 Å². The zero-order chi connectivity index (χ0) is 17.0. The van der Waals surface area contributed by atoms with E-state index in [1.54, 1.807) is 0 Å². The van der Waals surface area contributed by atoms with Crippen molar-refractivity contribution in [1.29, 1.82) is 0 Å². The van der Waals surface area contributed by atoms with E-state index in [4.69, 9.17) is 0 Å². The number of aryl methyl sites for hydroxylation is 4. The van der Waals surface area contributed by atoms with Gasteiger partial charge in [0.25, 0.3) is 5.56 Å². The van der Waals surface area contributed by atoms with Gasteiger partial charge < -0.3 is 0 Å². The van der Waals surface area contributed by atoms with Gasteiger partial charge in [0.05, 0.1) is 5.69 Å². The second kappa shape index (κ2) is 5.21. The van der Waals surface area contributed by atoms with Crippen molar-refractivity contribution in [2.45, 2.75) is 27.7 Å². The number of pyridine rings is 1. The summed E-state index contributed by atoms with van der Waals surface area (Å²) in [5, 5.41) is 9.42. The van der Waals surface area contributed by atoms with E-state index in [1.165, 1.54) is 16.0 Å². The third-order valence-corrected chi connectivity index (χ3v) is 5.39. The van der Waals surface area contributed by atoms with Gasteiger partial charge in [-0.3, -0.25) is 4.79 Å². The second-order valence-corrected chi connectivity index (χ2v) is 7.12. The molecule has 1 aromatic carbocycles. The number of fused-ring (bicyclic) bond motifs is 3. The highest BCUT2D eigenvalue weighted by atomic mass is 32.1. The van der Waals surface area contributed by atoms with Crippen LogP contribution >= 0.6 is 11.3 Å². The molecule has 0 radical (unpaired) electrons. The van der Waals surface area contributed by atoms with Crippen LogP contribution in [0.1, 0.15) is 22.4 Å². The van der Waals surface area contributed by atoms with Crippen LogP contribution in [-0.2, 0) is 0 Å². The highest BCUT2D eigenvalue weighted by Crippen LogP contribution is 2.30. The monoisotopic (exact) mass is 336 g/mol. The van der Waals surface area contributed by atoms with Crippen LogP contribution in [-0.4, -0.2) is 20.0 Å². The average Bonchev–Trinajstić information content (AvgIpc) is 2.90. The first-order valence-corrected chi connectivity index (χ1v) is 8.51. The van der Waals surface area contributed by atoms with Crippen LogP contribution in [0.2, 0.25) is 0 Å². The van der Waals surface area contributed by atoms with Gasteiger partial charge in [-0.15, -0.1) is 16.4 Å². The summed E-state index contributed by atoms with van der Waals surface area (Å²) in [6, 6.07) is 8.00. The molecule has 0 atom stereocenters. The van der Waals surface area contributed by atoms with E-state index in [2.05, 4.69) is 15.3 Å². The third-order valence-electron chi connectivity index (χ3n) is 4.31. The van der Waals surface area contributed by atoms with Crippen LogP contribution in [0.4, 0.5) is 0 Å². The maximum absolute atomic E-state index is 13.0. The SMILES string of the molecule is Cc1ccc(C)c(-n2nnc3c(sc4nc(C)c(C)cc43)c2=O)c1. The zero-order valence-corrected chi connectivity index (χ0v) is 14.7. The fraction of sp³-hybridized carbons (Fsp3) is 0.222. The van der Waals surface area contributed by atoms with Gasteiger partial charge in [-0.25, -0.2) is 4.98 Å². The summed E-state index contributed by atoms with van der Waals surface area (Å²) in [6.45, 7) is 7.94. The Labute approximate surface area is 142 Å². The van der Waals surface area contributed by atoms with Crippen LogP contribution in [0.25, 0.3) is 26.1 Å². The Hall–Kier alpha value is -2.60. The van der Waals surface area contributed by atoms with Crippen LogP contribution in [0.15, 0.2) is 29.1 Å². The number of rotatable bonds is 1. The number of benzene rings is 1. The first-order valence-electron chi connectivity index (χ1n) is 7.70. The molecule has 4 rings (SSSR count). The van der Waals surface area contributed by atoms with Crippen molar-refractivity contribution < 1.29 is 0 Å². The molecule has 24 heavy (non-hydrogen) atoms. The molecular formula is C18H16N4OS. The quantitative estimate of drug-likeness (QED) is 0.532. The van der Waals surface area contributed by atoms with Crippen LogP contribution in [0.5, 0.6) is 0 Å². The molecule has 0 bridgehead atoms. The summed E-state index contributed by atoms with van der Waals surface area (Å²) in [7, 11) is 0. The predicted octanol–water partition coefficient (Wildman–Crippen LogP) is 3.62. The number of aromatic nitrogens is 4. The molecule has 0 unspecified atom stereocenters. The summed E-state index contributed by atoms with van der Waals surface area (Å²) in [5.74, 6) is 0. The van der Waals surface area contributed by atoms with Crippen molar-refractivity contribution in [3.63, 3.8) is 0 Å². The molecule has 3 heterocycles. The zero-order valence-electron chi connectivity index (χ0n) is 13.9. The number of hydrogen-bond acceptors (Lipinski definition) is 5. The van der Waals surface area contributed by atoms with Gasteiger partial charge in [-0.05, 0) is 56.5 Å². The van der Waals surface area contributed by atoms with E-state index < -0.39 is 0 Å². The standard InChI is InChI=1S/C18H16N4OS/c1-9-5-6-10(2)14(7-9)22-18(23)16-15(20-21-22)13-8-11(3)12(4)19-17(13)24-16/h5-8H,1-4H3. The van der Waals surface area contributed by atoms with Crippen LogP contribution in [0.3, 0.4) is 0 Å². The fourth-order valence-electron chi connectivity index (χ4n) is 2.77. The molecule has 0 N–H and O–H groups in total. The Morgan fingerprint density at radius 1 is 1.04 bits per heavy atom. The summed E-state index contributed by atoms with van der Waals surface area (Å²) in [4.78, 5) is 18.4. The summed E-state index contributed by atoms with van der Waals surface area (Å²) >= 11 is 1.38. The van der Waals surface area contributed by atoms with Crippen molar-refractivity contribution in [2.75, 3.05) is 0 Å². The van der Waals surface area contributed by atoms with Gasteiger partial charge >= 0.3 is 0 Å². The van der Waals surface area contributed by atoms with Gasteiger partial charge in [0.15, 0.2) is 0 Å². The molecule has 0 saturated heterocycles. The smallest absolute Gasteiger partial charge is 0.266 e. The van der Waals surface area contributed by atoms with Gasteiger partial charge in [0, 0.05) is 11.1 Å². The number of hydrogen-bond donors (Lipinski definition) is 0.